The van der Waals surface area contributed by atoms with E-state index < -0.39 is 23.7 Å². The Bertz CT molecular complexity index is 534. The summed E-state index contributed by atoms with van der Waals surface area (Å²) in [5.41, 5.74) is 0.312. The standard InChI is InChI=1S/C15H18FNO4/c1-2-17(13-9-21-8-11(13)15(19)20)14(18)7-10-5-3-4-6-12(10)16/h3-6,11,13H,2,7-9H2,1H3,(H,19,20). The summed E-state index contributed by atoms with van der Waals surface area (Å²) in [7, 11) is 0. The number of nitrogens with zero attached hydrogens (tertiary/aromatic N) is 1. The number of ether oxygens (including phenoxy) is 1. The third-order valence-electron chi connectivity index (χ3n) is 3.73. The molecule has 1 aliphatic heterocycles. The van der Waals surface area contributed by atoms with E-state index in [2.05, 4.69) is 0 Å². The van der Waals surface area contributed by atoms with Crippen LogP contribution in [0.15, 0.2) is 24.3 Å². The number of carbonyl (C=O) groups is 2. The molecule has 2 unspecified atom stereocenters. The summed E-state index contributed by atoms with van der Waals surface area (Å²) in [5.74, 6) is -2.42. The van der Waals surface area contributed by atoms with Crippen LogP contribution in [0.25, 0.3) is 0 Å². The minimum Gasteiger partial charge on any atom is -0.481 e. The Morgan fingerprint density at radius 3 is 2.71 bits per heavy atom. The SMILES string of the molecule is CCN(C(=O)Cc1ccccc1F)C1COCC1C(=O)O. The molecule has 1 aliphatic rings. The topological polar surface area (TPSA) is 66.8 Å². The third kappa shape index (κ3) is 3.39. The average molecular weight is 295 g/mol. The van der Waals surface area contributed by atoms with E-state index in [-0.39, 0.29) is 25.5 Å². The molecule has 1 N–H and O–H groups in total. The highest BCUT2D eigenvalue weighted by molar-refractivity contribution is 5.80. The van der Waals surface area contributed by atoms with Gasteiger partial charge in [-0.1, -0.05) is 18.2 Å². The van der Waals surface area contributed by atoms with Gasteiger partial charge in [0, 0.05) is 6.54 Å². The summed E-state index contributed by atoms with van der Waals surface area (Å²) < 4.78 is 18.8. The third-order valence-corrected chi connectivity index (χ3v) is 3.73. The number of hydrogen-bond donors (Lipinski definition) is 1. The van der Waals surface area contributed by atoms with Crippen molar-refractivity contribution in [1.82, 2.24) is 4.90 Å². The molecule has 6 heteroatoms. The lowest BCUT2D eigenvalue weighted by atomic mass is 10.0. The minimum atomic E-state index is -0.977. The van der Waals surface area contributed by atoms with E-state index in [9.17, 15) is 14.0 Å². The van der Waals surface area contributed by atoms with E-state index in [1.165, 1.54) is 11.0 Å². The molecule has 114 valence electrons. The van der Waals surface area contributed by atoms with Gasteiger partial charge in [-0.25, -0.2) is 4.39 Å². The van der Waals surface area contributed by atoms with Gasteiger partial charge >= 0.3 is 5.97 Å². The highest BCUT2D eigenvalue weighted by Crippen LogP contribution is 2.21. The van der Waals surface area contributed by atoms with Gasteiger partial charge < -0.3 is 14.7 Å². The van der Waals surface area contributed by atoms with Crippen LogP contribution in [0.1, 0.15) is 12.5 Å². The van der Waals surface area contributed by atoms with Crippen molar-refractivity contribution in [3.05, 3.63) is 35.6 Å². The van der Waals surface area contributed by atoms with Gasteiger partial charge in [0.25, 0.3) is 0 Å². The Kier molecular flexibility index (Phi) is 4.90. The van der Waals surface area contributed by atoms with Crippen molar-refractivity contribution < 1.29 is 23.8 Å². The number of hydrogen-bond acceptors (Lipinski definition) is 3. The summed E-state index contributed by atoms with van der Waals surface area (Å²) in [6, 6.07) is 5.59. The van der Waals surface area contributed by atoms with Crippen molar-refractivity contribution in [1.29, 1.82) is 0 Å². The van der Waals surface area contributed by atoms with E-state index in [0.717, 1.165) is 0 Å². The molecule has 1 heterocycles. The van der Waals surface area contributed by atoms with Crippen LogP contribution in [0.5, 0.6) is 0 Å². The number of aliphatic carboxylic acids is 1. The van der Waals surface area contributed by atoms with Crippen molar-refractivity contribution in [2.45, 2.75) is 19.4 Å². The van der Waals surface area contributed by atoms with Crippen LogP contribution in [-0.4, -0.2) is 47.7 Å². The zero-order valence-electron chi connectivity index (χ0n) is 11.8. The minimum absolute atomic E-state index is 0.0800. The van der Waals surface area contributed by atoms with Crippen LogP contribution < -0.4 is 0 Å². The normalized spacial score (nSPS) is 21.2. The van der Waals surface area contributed by atoms with Crippen LogP contribution in [0, 0.1) is 11.7 Å². The molecule has 0 saturated carbocycles. The maximum absolute atomic E-state index is 13.6. The lowest BCUT2D eigenvalue weighted by Gasteiger charge is -2.29. The zero-order chi connectivity index (χ0) is 15.4. The van der Waals surface area contributed by atoms with E-state index in [1.54, 1.807) is 25.1 Å². The molecule has 1 fully saturated rings. The van der Waals surface area contributed by atoms with Crippen LogP contribution in [-0.2, 0) is 20.7 Å². The van der Waals surface area contributed by atoms with Gasteiger partial charge in [0.2, 0.25) is 5.91 Å². The summed E-state index contributed by atoms with van der Waals surface area (Å²) in [4.78, 5) is 25.0. The average Bonchev–Trinajstić information content (AvgIpc) is 2.91. The molecule has 21 heavy (non-hydrogen) atoms. The monoisotopic (exact) mass is 295 g/mol. The van der Waals surface area contributed by atoms with Crippen molar-refractivity contribution >= 4 is 11.9 Å². The molecular formula is C15H18FNO4. The van der Waals surface area contributed by atoms with Gasteiger partial charge in [-0.2, -0.15) is 0 Å². The summed E-state index contributed by atoms with van der Waals surface area (Å²) in [5, 5.41) is 9.17. The van der Waals surface area contributed by atoms with Gasteiger partial charge in [-0.05, 0) is 18.6 Å². The Morgan fingerprint density at radius 2 is 2.10 bits per heavy atom. The maximum Gasteiger partial charge on any atom is 0.311 e. The van der Waals surface area contributed by atoms with Crippen molar-refractivity contribution in [3.8, 4) is 0 Å². The number of likely N-dealkylation sites (N-methyl/N-ethyl adjacent to an activating group) is 1. The highest BCUT2D eigenvalue weighted by atomic mass is 19.1. The molecule has 1 aromatic carbocycles. The molecule has 0 spiro atoms. The predicted octanol–water partition coefficient (Wildman–Crippen LogP) is 1.32. The van der Waals surface area contributed by atoms with E-state index in [0.29, 0.717) is 12.1 Å². The van der Waals surface area contributed by atoms with Crippen LogP contribution in [0.3, 0.4) is 0 Å². The molecule has 2 rings (SSSR count). The largest absolute Gasteiger partial charge is 0.481 e. The fraction of sp³-hybridized carbons (Fsp3) is 0.467. The lowest BCUT2D eigenvalue weighted by Crippen LogP contribution is -2.47. The molecular weight excluding hydrogens is 277 g/mol. The number of carboxylic acids is 1. The summed E-state index contributed by atoms with van der Waals surface area (Å²) >= 11 is 0. The highest BCUT2D eigenvalue weighted by Gasteiger charge is 2.39. The molecule has 2 atom stereocenters. The smallest absolute Gasteiger partial charge is 0.311 e. The van der Waals surface area contributed by atoms with Gasteiger partial charge in [0.05, 0.1) is 25.7 Å². The second kappa shape index (κ2) is 6.67. The molecule has 1 saturated heterocycles. The quantitative estimate of drug-likeness (QED) is 0.889. The molecule has 1 aromatic rings. The molecule has 1 amide bonds. The fourth-order valence-corrected chi connectivity index (χ4v) is 2.59. The second-order valence-electron chi connectivity index (χ2n) is 5.00. The Morgan fingerprint density at radius 1 is 1.38 bits per heavy atom. The molecule has 0 aromatic heterocycles. The summed E-state index contributed by atoms with van der Waals surface area (Å²) in [6.07, 6.45) is -0.0800. The Hall–Kier alpha value is -1.95. The Balaban J connectivity index is 2.12. The zero-order valence-corrected chi connectivity index (χ0v) is 11.8. The first-order valence-electron chi connectivity index (χ1n) is 6.88. The van der Waals surface area contributed by atoms with Crippen molar-refractivity contribution in [2.75, 3.05) is 19.8 Å². The first-order chi connectivity index (χ1) is 10.0. The lowest BCUT2D eigenvalue weighted by molar-refractivity contribution is -0.144. The van der Waals surface area contributed by atoms with Crippen LogP contribution in [0.4, 0.5) is 4.39 Å². The van der Waals surface area contributed by atoms with Gasteiger partial charge in [0.1, 0.15) is 11.7 Å². The number of rotatable bonds is 5. The van der Waals surface area contributed by atoms with Crippen LogP contribution in [0.2, 0.25) is 0 Å². The number of carbonyl (C=O) groups excluding carboxylic acids is 1. The Labute approximate surface area is 122 Å². The second-order valence-corrected chi connectivity index (χ2v) is 5.00. The first kappa shape index (κ1) is 15.4. The number of carboxylic acid groups (broad SMARTS) is 1. The van der Waals surface area contributed by atoms with Crippen molar-refractivity contribution in [3.63, 3.8) is 0 Å². The molecule has 5 nitrogen and oxygen atoms in total. The van der Waals surface area contributed by atoms with Crippen molar-refractivity contribution in [2.24, 2.45) is 5.92 Å². The fourth-order valence-electron chi connectivity index (χ4n) is 2.59. The molecule has 0 radical (unpaired) electrons. The number of amides is 1. The van der Waals surface area contributed by atoms with Gasteiger partial charge in [-0.15, -0.1) is 0 Å². The number of benzene rings is 1. The first-order valence-corrected chi connectivity index (χ1v) is 6.88. The van der Waals surface area contributed by atoms with E-state index in [4.69, 9.17) is 9.84 Å². The van der Waals surface area contributed by atoms with Gasteiger partial charge in [0.15, 0.2) is 0 Å². The molecule has 0 aliphatic carbocycles. The van der Waals surface area contributed by atoms with E-state index in [1.807, 2.05) is 0 Å². The maximum atomic E-state index is 13.6. The van der Waals surface area contributed by atoms with Crippen LogP contribution >= 0.6 is 0 Å². The van der Waals surface area contributed by atoms with Gasteiger partial charge in [-0.3, -0.25) is 9.59 Å². The summed E-state index contributed by atoms with van der Waals surface area (Å²) in [6.45, 7) is 2.44. The van der Waals surface area contributed by atoms with E-state index >= 15 is 0 Å². The number of halogens is 1. The predicted molar refractivity (Wildman–Crippen MR) is 73.2 cm³/mol. The molecule has 0 bridgehead atoms.